The van der Waals surface area contributed by atoms with Crippen LogP contribution in [0, 0.1) is 0 Å². The van der Waals surface area contributed by atoms with Crippen LogP contribution in [0.25, 0.3) is 11.2 Å². The minimum atomic E-state index is -4.53. The molecule has 11 heteroatoms. The number of hydrogen-bond donors (Lipinski definition) is 2. The SMILES string of the molecule is O=C(c1cccc(C(F)(F)F)c1)N1CCN(C(=O)c2ccnc3[nH]c(=O)[nH]c23)CC1. The third-order valence-electron chi connectivity index (χ3n) is 4.94. The summed E-state index contributed by atoms with van der Waals surface area (Å²) in [4.78, 5) is 48.9. The van der Waals surface area contributed by atoms with Gasteiger partial charge in [0.25, 0.3) is 11.8 Å². The molecule has 30 heavy (non-hydrogen) atoms. The number of benzene rings is 1. The Morgan fingerprint density at radius 2 is 1.63 bits per heavy atom. The molecule has 0 unspecified atom stereocenters. The van der Waals surface area contributed by atoms with E-state index in [0.717, 1.165) is 12.1 Å². The molecule has 2 amide bonds. The number of aromatic nitrogens is 3. The second-order valence-electron chi connectivity index (χ2n) is 6.82. The predicted molar refractivity (Wildman–Crippen MR) is 100.0 cm³/mol. The molecule has 1 aliphatic rings. The van der Waals surface area contributed by atoms with Gasteiger partial charge in [-0.3, -0.25) is 14.6 Å². The molecule has 0 bridgehead atoms. The maximum atomic E-state index is 12.9. The minimum absolute atomic E-state index is 0.0506. The highest BCUT2D eigenvalue weighted by Crippen LogP contribution is 2.29. The van der Waals surface area contributed by atoms with Gasteiger partial charge in [-0.05, 0) is 24.3 Å². The van der Waals surface area contributed by atoms with Crippen molar-refractivity contribution in [3.63, 3.8) is 0 Å². The van der Waals surface area contributed by atoms with E-state index in [1.807, 2.05) is 0 Å². The average Bonchev–Trinajstić information content (AvgIpc) is 3.12. The molecule has 0 aliphatic carbocycles. The van der Waals surface area contributed by atoms with Gasteiger partial charge in [0.2, 0.25) is 0 Å². The lowest BCUT2D eigenvalue weighted by atomic mass is 10.1. The Morgan fingerprint density at radius 1 is 0.967 bits per heavy atom. The first-order valence-electron chi connectivity index (χ1n) is 9.07. The van der Waals surface area contributed by atoms with Gasteiger partial charge in [-0.25, -0.2) is 9.78 Å². The zero-order chi connectivity index (χ0) is 21.5. The summed E-state index contributed by atoms with van der Waals surface area (Å²) < 4.78 is 38.7. The molecule has 1 aromatic carbocycles. The molecule has 3 heterocycles. The van der Waals surface area contributed by atoms with Crippen LogP contribution in [0.2, 0.25) is 0 Å². The van der Waals surface area contributed by atoms with E-state index < -0.39 is 23.3 Å². The number of carbonyl (C=O) groups is 2. The summed E-state index contributed by atoms with van der Waals surface area (Å²) in [6.07, 6.45) is -3.12. The van der Waals surface area contributed by atoms with Crippen LogP contribution in [0.5, 0.6) is 0 Å². The van der Waals surface area contributed by atoms with Crippen molar-refractivity contribution in [1.82, 2.24) is 24.8 Å². The largest absolute Gasteiger partial charge is 0.416 e. The number of alkyl halides is 3. The van der Waals surface area contributed by atoms with Crippen molar-refractivity contribution < 1.29 is 22.8 Å². The number of aromatic amines is 2. The Morgan fingerprint density at radius 3 is 2.30 bits per heavy atom. The first-order valence-corrected chi connectivity index (χ1v) is 9.07. The van der Waals surface area contributed by atoms with Crippen molar-refractivity contribution in [2.45, 2.75) is 6.18 Å². The van der Waals surface area contributed by atoms with Crippen molar-refractivity contribution in [2.75, 3.05) is 26.2 Å². The number of fused-ring (bicyclic) bond motifs is 1. The molecule has 0 spiro atoms. The summed E-state index contributed by atoms with van der Waals surface area (Å²) in [5.74, 6) is -0.849. The van der Waals surface area contributed by atoms with Crippen LogP contribution in [0.1, 0.15) is 26.3 Å². The first kappa shape index (κ1) is 19.7. The average molecular weight is 419 g/mol. The van der Waals surface area contributed by atoms with Crippen molar-refractivity contribution in [3.8, 4) is 0 Å². The quantitative estimate of drug-likeness (QED) is 0.662. The van der Waals surface area contributed by atoms with Gasteiger partial charge in [0, 0.05) is 37.9 Å². The maximum Gasteiger partial charge on any atom is 0.416 e. The number of rotatable bonds is 2. The number of H-pyrrole nitrogens is 2. The summed E-state index contributed by atoms with van der Waals surface area (Å²) in [7, 11) is 0. The summed E-state index contributed by atoms with van der Waals surface area (Å²) >= 11 is 0. The second-order valence-corrected chi connectivity index (χ2v) is 6.82. The monoisotopic (exact) mass is 419 g/mol. The fourth-order valence-electron chi connectivity index (χ4n) is 3.41. The van der Waals surface area contributed by atoms with Gasteiger partial charge in [-0.1, -0.05) is 6.07 Å². The fourth-order valence-corrected chi connectivity index (χ4v) is 3.41. The number of nitrogens with one attached hydrogen (secondary N) is 2. The molecule has 3 aromatic rings. The van der Waals surface area contributed by atoms with Crippen molar-refractivity contribution in [3.05, 3.63) is 63.7 Å². The van der Waals surface area contributed by atoms with Crippen LogP contribution in [0.15, 0.2) is 41.3 Å². The molecule has 8 nitrogen and oxygen atoms in total. The number of hydrogen-bond acceptors (Lipinski definition) is 4. The summed E-state index contributed by atoms with van der Waals surface area (Å²) in [5, 5.41) is 0. The van der Waals surface area contributed by atoms with Gasteiger partial charge in [0.1, 0.15) is 0 Å². The topological polar surface area (TPSA) is 102 Å². The smallest absolute Gasteiger partial charge is 0.335 e. The third kappa shape index (κ3) is 3.65. The number of amides is 2. The number of pyridine rings is 1. The van der Waals surface area contributed by atoms with E-state index in [1.54, 1.807) is 0 Å². The molecule has 1 saturated heterocycles. The lowest BCUT2D eigenvalue weighted by Gasteiger charge is -2.35. The minimum Gasteiger partial charge on any atom is -0.335 e. The van der Waals surface area contributed by atoms with E-state index in [1.165, 1.54) is 34.2 Å². The Labute approximate surface area is 167 Å². The van der Waals surface area contributed by atoms with E-state index >= 15 is 0 Å². The zero-order valence-electron chi connectivity index (χ0n) is 15.5. The van der Waals surface area contributed by atoms with Gasteiger partial charge in [-0.2, -0.15) is 13.2 Å². The number of halogens is 3. The molecule has 1 fully saturated rings. The molecule has 0 radical (unpaired) electrons. The highest BCUT2D eigenvalue weighted by molar-refractivity contribution is 6.04. The van der Waals surface area contributed by atoms with Crippen LogP contribution in [0.3, 0.4) is 0 Å². The summed E-state index contributed by atoms with van der Waals surface area (Å²) in [5.41, 5.74) is -0.570. The molecular formula is C19H16F3N5O3. The molecular weight excluding hydrogens is 403 g/mol. The Kier molecular flexibility index (Phi) is 4.80. The zero-order valence-corrected chi connectivity index (χ0v) is 15.5. The first-order chi connectivity index (χ1) is 14.2. The third-order valence-corrected chi connectivity index (χ3v) is 4.94. The Balaban J connectivity index is 1.47. The van der Waals surface area contributed by atoms with Gasteiger partial charge in [0.05, 0.1) is 16.6 Å². The summed E-state index contributed by atoms with van der Waals surface area (Å²) in [6.45, 7) is 0.779. The lowest BCUT2D eigenvalue weighted by molar-refractivity contribution is -0.137. The van der Waals surface area contributed by atoms with E-state index in [9.17, 15) is 27.6 Å². The van der Waals surface area contributed by atoms with Crippen molar-refractivity contribution in [2.24, 2.45) is 0 Å². The van der Waals surface area contributed by atoms with Gasteiger partial charge in [0.15, 0.2) is 5.65 Å². The summed E-state index contributed by atoms with van der Waals surface area (Å²) in [6, 6.07) is 5.77. The highest BCUT2D eigenvalue weighted by Gasteiger charge is 2.32. The van der Waals surface area contributed by atoms with E-state index in [2.05, 4.69) is 15.0 Å². The Bertz CT molecular complexity index is 1180. The van der Waals surface area contributed by atoms with Gasteiger partial charge in [-0.15, -0.1) is 0 Å². The second kappa shape index (κ2) is 7.32. The van der Waals surface area contributed by atoms with Crippen molar-refractivity contribution in [1.29, 1.82) is 0 Å². The molecule has 0 atom stereocenters. The number of carbonyl (C=O) groups excluding carboxylic acids is 2. The Hall–Kier alpha value is -3.63. The van der Waals surface area contributed by atoms with Crippen LogP contribution >= 0.6 is 0 Å². The van der Waals surface area contributed by atoms with Gasteiger partial charge < -0.3 is 14.8 Å². The lowest BCUT2D eigenvalue weighted by Crippen LogP contribution is -2.50. The number of nitrogens with zero attached hydrogens (tertiary/aromatic N) is 3. The molecule has 2 N–H and O–H groups in total. The molecule has 0 saturated carbocycles. The highest BCUT2D eigenvalue weighted by atomic mass is 19.4. The number of piperazine rings is 1. The predicted octanol–water partition coefficient (Wildman–Crippen LogP) is 1.87. The van der Waals surface area contributed by atoms with Crippen LogP contribution in [-0.4, -0.2) is 62.7 Å². The standard InChI is InChI=1S/C19H16F3N5O3/c20-19(21,22)12-3-1-2-11(10-12)16(28)26-6-8-27(9-7-26)17(29)13-4-5-23-15-14(13)24-18(30)25-15/h1-5,10H,6-9H2,(H2,23,24,25,30). The van der Waals surface area contributed by atoms with Gasteiger partial charge >= 0.3 is 11.9 Å². The molecule has 2 aromatic heterocycles. The van der Waals surface area contributed by atoms with Crippen LogP contribution < -0.4 is 5.69 Å². The van der Waals surface area contributed by atoms with E-state index in [4.69, 9.17) is 0 Å². The molecule has 4 rings (SSSR count). The normalized spacial score (nSPS) is 14.9. The molecule has 156 valence electrons. The van der Waals surface area contributed by atoms with E-state index in [0.29, 0.717) is 5.52 Å². The van der Waals surface area contributed by atoms with Crippen molar-refractivity contribution >= 4 is 23.0 Å². The maximum absolute atomic E-state index is 12.9. The fraction of sp³-hybridized carbons (Fsp3) is 0.263. The van der Waals surface area contributed by atoms with Crippen LogP contribution in [-0.2, 0) is 6.18 Å². The van der Waals surface area contributed by atoms with Crippen LogP contribution in [0.4, 0.5) is 13.2 Å². The van der Waals surface area contributed by atoms with E-state index in [-0.39, 0.29) is 48.9 Å². The number of imidazole rings is 1. The molecule has 1 aliphatic heterocycles.